The van der Waals surface area contributed by atoms with Crippen LogP contribution in [0.2, 0.25) is 0 Å². The highest BCUT2D eigenvalue weighted by atomic mass is 32.1. The summed E-state index contributed by atoms with van der Waals surface area (Å²) in [7, 11) is 0. The van der Waals surface area contributed by atoms with Crippen molar-refractivity contribution >= 4 is 33.1 Å². The summed E-state index contributed by atoms with van der Waals surface area (Å²) in [5.41, 5.74) is -0.292. The van der Waals surface area contributed by atoms with E-state index in [2.05, 4.69) is 15.3 Å². The first-order valence-corrected chi connectivity index (χ1v) is 6.55. The van der Waals surface area contributed by atoms with Gasteiger partial charge in [-0.1, -0.05) is 18.2 Å². The molecule has 2 N–H and O–H groups in total. The van der Waals surface area contributed by atoms with Crippen LogP contribution in [0.1, 0.15) is 10.4 Å². The average Bonchev–Trinajstić information content (AvgIpc) is 2.87. The fourth-order valence-corrected chi connectivity index (χ4v) is 2.75. The molecule has 7 heteroatoms. The lowest BCUT2D eigenvalue weighted by Gasteiger charge is -2.04. The number of H-pyrrole nitrogens is 1. The smallest absolute Gasteiger partial charge is 0.305 e. The minimum absolute atomic E-state index is 0.287. The predicted octanol–water partition coefficient (Wildman–Crippen LogP) is 2.38. The zero-order valence-electron chi connectivity index (χ0n) is 10.0. The molecule has 0 aliphatic rings. The van der Waals surface area contributed by atoms with Gasteiger partial charge in [0.2, 0.25) is 0 Å². The zero-order valence-corrected chi connectivity index (χ0v) is 10.8. The van der Waals surface area contributed by atoms with Crippen LogP contribution in [0.3, 0.4) is 0 Å². The first-order chi connectivity index (χ1) is 9.65. The van der Waals surface area contributed by atoms with E-state index in [0.29, 0.717) is 5.56 Å². The van der Waals surface area contributed by atoms with E-state index in [1.54, 1.807) is 5.38 Å². The number of aromatic amines is 1. The molecule has 1 amide bonds. The van der Waals surface area contributed by atoms with Crippen LogP contribution in [0.15, 0.2) is 40.6 Å². The Hall–Kier alpha value is -2.54. The summed E-state index contributed by atoms with van der Waals surface area (Å²) in [6.07, 6.45) is 0.764. The number of hydrogen-bond donors (Lipinski definition) is 2. The van der Waals surface area contributed by atoms with Gasteiger partial charge in [0.1, 0.15) is 0 Å². The number of fused-ring (bicyclic) bond motifs is 1. The number of nitrogens with zero attached hydrogens (tertiary/aromatic N) is 1. The molecule has 0 saturated heterocycles. The Bertz CT molecular complexity index is 856. The maximum absolute atomic E-state index is 13.4. The van der Waals surface area contributed by atoms with E-state index in [1.807, 2.05) is 24.3 Å². The van der Waals surface area contributed by atoms with Crippen molar-refractivity contribution in [3.63, 3.8) is 0 Å². The van der Waals surface area contributed by atoms with Crippen LogP contribution < -0.4 is 11.0 Å². The minimum Gasteiger partial charge on any atom is -0.305 e. The second-order valence-corrected chi connectivity index (χ2v) is 4.92. The van der Waals surface area contributed by atoms with E-state index in [9.17, 15) is 14.0 Å². The molecule has 100 valence electrons. The molecule has 1 aromatic carbocycles. The average molecular weight is 289 g/mol. The summed E-state index contributed by atoms with van der Waals surface area (Å²) in [6, 6.07) is 7.40. The van der Waals surface area contributed by atoms with Crippen LogP contribution in [-0.4, -0.2) is 15.9 Å². The molecule has 0 spiro atoms. The van der Waals surface area contributed by atoms with Crippen molar-refractivity contribution < 1.29 is 9.18 Å². The molecular weight excluding hydrogens is 281 g/mol. The number of thiophene rings is 1. The van der Waals surface area contributed by atoms with Crippen LogP contribution in [-0.2, 0) is 0 Å². The molecule has 20 heavy (non-hydrogen) atoms. The van der Waals surface area contributed by atoms with Crippen LogP contribution in [0.5, 0.6) is 0 Å². The summed E-state index contributed by atoms with van der Waals surface area (Å²) >= 11 is 1.42. The number of carbonyl (C=O) groups excluding carboxylic acids is 1. The summed E-state index contributed by atoms with van der Waals surface area (Å²) in [5, 5.41) is 4.82. The molecule has 2 aromatic heterocycles. The monoisotopic (exact) mass is 289 g/mol. The fourth-order valence-electron chi connectivity index (χ4n) is 1.80. The number of hydrogen-bond acceptors (Lipinski definition) is 4. The van der Waals surface area contributed by atoms with Gasteiger partial charge in [-0.15, -0.1) is 11.3 Å². The van der Waals surface area contributed by atoms with Crippen LogP contribution in [0.25, 0.3) is 10.1 Å². The van der Waals surface area contributed by atoms with Crippen molar-refractivity contribution in [1.82, 2.24) is 9.97 Å². The minimum atomic E-state index is -0.794. The number of aromatic nitrogens is 2. The van der Waals surface area contributed by atoms with Gasteiger partial charge in [0, 0.05) is 15.5 Å². The highest BCUT2D eigenvalue weighted by Crippen LogP contribution is 2.26. The Morgan fingerprint density at radius 2 is 2.15 bits per heavy atom. The number of anilines is 1. The van der Waals surface area contributed by atoms with Gasteiger partial charge < -0.3 is 5.32 Å². The second-order valence-electron chi connectivity index (χ2n) is 4.01. The van der Waals surface area contributed by atoms with Gasteiger partial charge >= 0.3 is 5.69 Å². The lowest BCUT2D eigenvalue weighted by molar-refractivity contribution is 0.102. The highest BCUT2D eigenvalue weighted by molar-refractivity contribution is 7.17. The summed E-state index contributed by atoms with van der Waals surface area (Å²) in [6.45, 7) is 0. The van der Waals surface area contributed by atoms with Crippen molar-refractivity contribution in [3.8, 4) is 0 Å². The van der Waals surface area contributed by atoms with E-state index >= 15 is 0 Å². The van der Waals surface area contributed by atoms with Crippen LogP contribution in [0.4, 0.5) is 10.2 Å². The third-order valence-corrected chi connectivity index (χ3v) is 3.69. The van der Waals surface area contributed by atoms with Gasteiger partial charge in [0.05, 0.1) is 11.8 Å². The summed E-state index contributed by atoms with van der Waals surface area (Å²) in [4.78, 5) is 28.5. The lowest BCUT2D eigenvalue weighted by Crippen LogP contribution is -2.19. The van der Waals surface area contributed by atoms with Crippen LogP contribution in [0, 0.1) is 5.82 Å². The largest absolute Gasteiger partial charge is 0.346 e. The maximum Gasteiger partial charge on any atom is 0.346 e. The second kappa shape index (κ2) is 4.86. The molecule has 0 saturated carbocycles. The zero-order chi connectivity index (χ0) is 14.1. The Balaban J connectivity index is 1.97. The van der Waals surface area contributed by atoms with E-state index in [-0.39, 0.29) is 5.82 Å². The van der Waals surface area contributed by atoms with Gasteiger partial charge in [-0.25, -0.2) is 9.18 Å². The van der Waals surface area contributed by atoms with E-state index in [4.69, 9.17) is 0 Å². The molecule has 3 aromatic rings. The molecule has 2 heterocycles. The van der Waals surface area contributed by atoms with Gasteiger partial charge in [-0.3, -0.25) is 9.78 Å². The lowest BCUT2D eigenvalue weighted by atomic mass is 10.1. The van der Waals surface area contributed by atoms with Gasteiger partial charge in [-0.05, 0) is 6.07 Å². The SMILES string of the molecule is O=C(Nc1[nH]c(=O)ncc1F)c1csc2ccccc12. The Labute approximate surface area is 116 Å². The van der Waals surface area contributed by atoms with Crippen molar-refractivity contribution in [2.24, 2.45) is 0 Å². The van der Waals surface area contributed by atoms with Crippen LogP contribution >= 0.6 is 11.3 Å². The Morgan fingerprint density at radius 1 is 1.35 bits per heavy atom. The third-order valence-electron chi connectivity index (χ3n) is 2.73. The number of carbonyl (C=O) groups is 1. The van der Waals surface area contributed by atoms with Gasteiger partial charge in [0.25, 0.3) is 5.91 Å². The molecule has 3 rings (SSSR count). The number of benzene rings is 1. The molecular formula is C13H8FN3O2S. The maximum atomic E-state index is 13.4. The molecule has 0 atom stereocenters. The Kier molecular flexibility index (Phi) is 3.03. The molecule has 0 unspecified atom stereocenters. The summed E-state index contributed by atoms with van der Waals surface area (Å²) in [5.74, 6) is -1.56. The molecule has 5 nitrogen and oxygen atoms in total. The standard InChI is InChI=1S/C13H8FN3O2S/c14-9-5-15-13(19)17-11(9)16-12(18)8-6-20-10-4-2-1-3-7(8)10/h1-6H,(H2,15,16,17,18,19). The van der Waals surface area contributed by atoms with Crippen molar-refractivity contribution in [2.45, 2.75) is 0 Å². The fraction of sp³-hybridized carbons (Fsp3) is 0. The highest BCUT2D eigenvalue weighted by Gasteiger charge is 2.14. The third kappa shape index (κ3) is 2.19. The van der Waals surface area contributed by atoms with Crippen molar-refractivity contribution in [1.29, 1.82) is 0 Å². The van der Waals surface area contributed by atoms with Crippen molar-refractivity contribution in [2.75, 3.05) is 5.32 Å². The first-order valence-electron chi connectivity index (χ1n) is 5.67. The van der Waals surface area contributed by atoms with Crippen molar-refractivity contribution in [3.05, 3.63) is 57.7 Å². The predicted molar refractivity (Wildman–Crippen MR) is 74.6 cm³/mol. The van der Waals surface area contributed by atoms with E-state index in [1.165, 1.54) is 11.3 Å². The van der Waals surface area contributed by atoms with E-state index in [0.717, 1.165) is 16.3 Å². The number of rotatable bonds is 2. The first kappa shape index (κ1) is 12.5. The summed E-state index contributed by atoms with van der Waals surface area (Å²) < 4.78 is 14.4. The molecule has 0 bridgehead atoms. The number of halogens is 1. The van der Waals surface area contributed by atoms with Gasteiger partial charge in [-0.2, -0.15) is 4.98 Å². The molecule has 0 fully saturated rings. The topological polar surface area (TPSA) is 74.8 Å². The number of nitrogens with one attached hydrogen (secondary N) is 2. The normalized spacial score (nSPS) is 10.7. The Morgan fingerprint density at radius 3 is 3.00 bits per heavy atom. The number of amides is 1. The quantitative estimate of drug-likeness (QED) is 0.760. The van der Waals surface area contributed by atoms with Gasteiger partial charge in [0.15, 0.2) is 11.6 Å². The molecule has 0 aliphatic heterocycles. The van der Waals surface area contributed by atoms with E-state index < -0.39 is 17.4 Å². The molecule has 0 radical (unpaired) electrons. The molecule has 0 aliphatic carbocycles.